The predicted molar refractivity (Wildman–Crippen MR) is 150 cm³/mol. The molecule has 2 aromatic heterocycles. The fourth-order valence-corrected chi connectivity index (χ4v) is 4.12. The average Bonchev–Trinajstić information content (AvgIpc) is 3.59. The molecule has 1 aliphatic heterocycles. The van der Waals surface area contributed by atoms with Gasteiger partial charge in [-0.2, -0.15) is 4.99 Å². The summed E-state index contributed by atoms with van der Waals surface area (Å²) in [6.07, 6.45) is 3.06. The first-order valence-electron chi connectivity index (χ1n) is 12.1. The normalized spacial score (nSPS) is 12.6. The van der Waals surface area contributed by atoms with Crippen molar-refractivity contribution in [1.29, 1.82) is 0 Å². The van der Waals surface area contributed by atoms with Crippen molar-refractivity contribution in [2.24, 2.45) is 16.5 Å². The maximum atomic E-state index is 12.8. The first-order chi connectivity index (χ1) is 20.4. The molecular formula is C26H22N10O7. The van der Waals surface area contributed by atoms with Crippen molar-refractivity contribution in [2.75, 3.05) is 12.1 Å². The van der Waals surface area contributed by atoms with Crippen LogP contribution in [0.4, 0.5) is 5.69 Å². The second-order valence-corrected chi connectivity index (χ2v) is 9.07. The third kappa shape index (κ3) is 5.58. The molecule has 0 fully saturated rings. The molecule has 218 valence electrons. The Kier molecular flexibility index (Phi) is 7.06. The molecule has 2 aromatic carbocycles. The van der Waals surface area contributed by atoms with Crippen LogP contribution in [0.5, 0.6) is 11.5 Å². The van der Waals surface area contributed by atoms with Gasteiger partial charge in [-0.25, -0.2) is 19.3 Å². The Morgan fingerprint density at radius 1 is 0.860 bits per heavy atom. The van der Waals surface area contributed by atoms with Crippen LogP contribution >= 0.6 is 0 Å². The topological polar surface area (TPSA) is 259 Å². The van der Waals surface area contributed by atoms with Gasteiger partial charge >= 0.3 is 11.9 Å². The minimum Gasteiger partial charge on any atom is -0.507 e. The van der Waals surface area contributed by atoms with Crippen LogP contribution in [-0.4, -0.2) is 76.3 Å². The molecule has 4 aromatic rings. The largest absolute Gasteiger partial charge is 0.507 e. The van der Waals surface area contributed by atoms with E-state index in [1.165, 1.54) is 64.4 Å². The van der Waals surface area contributed by atoms with Crippen LogP contribution in [-0.2, 0) is 0 Å². The van der Waals surface area contributed by atoms with E-state index in [1.54, 1.807) is 18.3 Å². The molecule has 0 saturated heterocycles. The van der Waals surface area contributed by atoms with E-state index in [1.807, 2.05) is 0 Å². The van der Waals surface area contributed by atoms with Gasteiger partial charge in [0.05, 0.1) is 40.9 Å². The first-order valence-corrected chi connectivity index (χ1v) is 12.1. The zero-order valence-corrected chi connectivity index (χ0v) is 22.1. The Hall–Kier alpha value is -6.49. The molecule has 1 aliphatic rings. The van der Waals surface area contributed by atoms with Crippen molar-refractivity contribution in [3.8, 4) is 28.6 Å². The lowest BCUT2D eigenvalue weighted by atomic mass is 10.1. The molecule has 0 bridgehead atoms. The molecule has 0 radical (unpaired) electrons. The van der Waals surface area contributed by atoms with E-state index in [-0.39, 0.29) is 33.8 Å². The third-order valence-electron chi connectivity index (χ3n) is 6.16. The van der Waals surface area contributed by atoms with Crippen molar-refractivity contribution in [1.82, 2.24) is 30.5 Å². The molecular weight excluding hydrogens is 564 g/mol. The highest BCUT2D eigenvalue weighted by Gasteiger charge is 2.25. The van der Waals surface area contributed by atoms with Crippen molar-refractivity contribution in [2.45, 2.75) is 0 Å². The van der Waals surface area contributed by atoms with E-state index in [2.05, 4.69) is 25.8 Å². The summed E-state index contributed by atoms with van der Waals surface area (Å²) in [6, 6.07) is 10.7. The summed E-state index contributed by atoms with van der Waals surface area (Å²) >= 11 is 0. The van der Waals surface area contributed by atoms with E-state index in [9.17, 15) is 29.7 Å². The van der Waals surface area contributed by atoms with Gasteiger partial charge < -0.3 is 31.9 Å². The average molecular weight is 587 g/mol. The van der Waals surface area contributed by atoms with Crippen LogP contribution in [0.15, 0.2) is 65.9 Å². The number of phenols is 2. The number of aromatic carboxylic acids is 2. The molecule has 0 aliphatic carbocycles. The number of nitrogens with zero attached hydrogens (tertiary/aromatic N) is 7. The molecule has 9 N–H and O–H groups in total. The van der Waals surface area contributed by atoms with Gasteiger partial charge in [0, 0.05) is 24.7 Å². The molecule has 0 spiro atoms. The van der Waals surface area contributed by atoms with Crippen molar-refractivity contribution in [3.63, 3.8) is 0 Å². The Bertz CT molecular complexity index is 1860. The van der Waals surface area contributed by atoms with Crippen LogP contribution in [0.1, 0.15) is 36.8 Å². The molecule has 1 amide bonds. The highest BCUT2D eigenvalue weighted by Crippen LogP contribution is 2.31. The number of aromatic nitrogens is 4. The van der Waals surface area contributed by atoms with E-state index in [4.69, 9.17) is 16.6 Å². The maximum absolute atomic E-state index is 12.8. The smallest absolute Gasteiger partial charge is 0.339 e. The highest BCUT2D eigenvalue weighted by molar-refractivity contribution is 6.02. The summed E-state index contributed by atoms with van der Waals surface area (Å²) in [5, 5.41) is 49.8. The minimum atomic E-state index is -1.30. The van der Waals surface area contributed by atoms with Crippen LogP contribution in [0.25, 0.3) is 22.8 Å². The van der Waals surface area contributed by atoms with Gasteiger partial charge in [-0.05, 0) is 36.4 Å². The number of amides is 1. The van der Waals surface area contributed by atoms with E-state index in [0.717, 1.165) is 0 Å². The van der Waals surface area contributed by atoms with Crippen LogP contribution in [0, 0.1) is 0 Å². The third-order valence-corrected chi connectivity index (χ3v) is 6.16. The number of anilines is 1. The molecule has 0 unspecified atom stereocenters. The van der Waals surface area contributed by atoms with Crippen LogP contribution in [0.2, 0.25) is 0 Å². The molecule has 43 heavy (non-hydrogen) atoms. The number of carbonyl (C=O) groups excluding carboxylic acids is 1. The summed E-state index contributed by atoms with van der Waals surface area (Å²) in [7, 11) is 1.66. The van der Waals surface area contributed by atoms with Crippen molar-refractivity contribution < 1.29 is 34.8 Å². The fraction of sp³-hybridized carbons (Fsp3) is 0.0385. The Morgan fingerprint density at radius 3 is 2.07 bits per heavy atom. The molecule has 17 heteroatoms. The molecule has 5 rings (SSSR count). The number of pyridine rings is 1. The van der Waals surface area contributed by atoms with Gasteiger partial charge in [-0.3, -0.25) is 14.8 Å². The number of carboxylic acids is 2. The van der Waals surface area contributed by atoms with Gasteiger partial charge in [-0.1, -0.05) is 5.21 Å². The zero-order valence-electron chi connectivity index (χ0n) is 22.1. The number of guanidine groups is 1. The molecule has 3 heterocycles. The standard InChI is InChI=1S/C26H22N10O7/c1-34-20(11-36(33-34)14-3-5-16(25(42)43)22(38)9-14)18-7-12(23(39)30-26(27)28)6-17(29-18)19-10-35(32-31-19)13-2-4-15(24(40)41)21(37)8-13/h2-11,33,37-38H,1H3,(H,40,41)(H,42,43)(H4,27,28,30,39). The maximum Gasteiger partial charge on any atom is 0.339 e. The van der Waals surface area contributed by atoms with Gasteiger partial charge in [-0.15, -0.1) is 10.6 Å². The Balaban J connectivity index is 1.55. The lowest BCUT2D eigenvalue weighted by Crippen LogP contribution is -2.37. The summed E-state index contributed by atoms with van der Waals surface area (Å²) in [4.78, 5) is 43.6. The van der Waals surface area contributed by atoms with E-state index >= 15 is 0 Å². The predicted octanol–water partition coefficient (Wildman–Crippen LogP) is 0.720. The van der Waals surface area contributed by atoms with E-state index < -0.39 is 35.3 Å². The quantitative estimate of drug-likeness (QED) is 0.116. The summed E-state index contributed by atoms with van der Waals surface area (Å²) in [6.45, 7) is 0. The zero-order chi connectivity index (χ0) is 31.0. The van der Waals surface area contributed by atoms with E-state index in [0.29, 0.717) is 17.1 Å². The number of hydrogen-bond donors (Lipinski definition) is 7. The number of hydrazine groups is 2. The minimum absolute atomic E-state index is 0.0580. The lowest BCUT2D eigenvalue weighted by molar-refractivity contribution is 0.0682. The van der Waals surface area contributed by atoms with Crippen LogP contribution in [0.3, 0.4) is 0 Å². The number of hydrogen-bond acceptors (Lipinski definition) is 11. The molecule has 0 saturated carbocycles. The number of benzene rings is 2. The van der Waals surface area contributed by atoms with Gasteiger partial charge in [0.25, 0.3) is 5.91 Å². The number of nitrogens with one attached hydrogen (secondary N) is 1. The summed E-state index contributed by atoms with van der Waals surface area (Å²) in [5.41, 5.74) is 15.2. The molecule has 17 nitrogen and oxygen atoms in total. The number of rotatable bonds is 7. The second kappa shape index (κ2) is 10.8. The molecule has 0 atom stereocenters. The Labute approximate surface area is 241 Å². The Morgan fingerprint density at radius 2 is 1.47 bits per heavy atom. The number of aliphatic imine (C=N–C) groups is 1. The number of nitrogens with two attached hydrogens (primary N) is 2. The summed E-state index contributed by atoms with van der Waals surface area (Å²) in [5.74, 6) is -4.68. The SMILES string of the molecule is CN1NN(c2ccc(C(=O)O)c(O)c2)C=C1c1cc(C(=O)N=C(N)N)cc(-c2cn(-c3ccc(C(=O)O)c(O)c3)nn2)n1. The van der Waals surface area contributed by atoms with Crippen LogP contribution < -0.4 is 22.0 Å². The highest BCUT2D eigenvalue weighted by atomic mass is 16.4. The van der Waals surface area contributed by atoms with Crippen molar-refractivity contribution >= 4 is 35.2 Å². The van der Waals surface area contributed by atoms with Gasteiger partial charge in [0.2, 0.25) is 0 Å². The second-order valence-electron chi connectivity index (χ2n) is 9.07. The van der Waals surface area contributed by atoms with Gasteiger partial charge in [0.1, 0.15) is 28.3 Å². The van der Waals surface area contributed by atoms with Gasteiger partial charge in [0.15, 0.2) is 5.96 Å². The monoisotopic (exact) mass is 586 g/mol. The summed E-state index contributed by atoms with van der Waals surface area (Å²) < 4.78 is 1.28. The number of aromatic hydroxyl groups is 2. The first kappa shape index (κ1) is 28.1. The number of carboxylic acid groups (broad SMARTS) is 2. The number of carbonyl (C=O) groups is 3. The van der Waals surface area contributed by atoms with Crippen molar-refractivity contribution in [3.05, 3.63) is 83.3 Å². The lowest BCUT2D eigenvalue weighted by Gasteiger charge is -2.21. The fourth-order valence-electron chi connectivity index (χ4n) is 4.12.